The Morgan fingerprint density at radius 2 is 2.50 bits per heavy atom. The zero-order chi connectivity index (χ0) is 8.97. The smallest absolute Gasteiger partial charge is 0.0458 e. The monoisotopic (exact) mass is 160 g/mol. The van der Waals surface area contributed by atoms with Crippen LogP contribution in [-0.4, -0.2) is 11.0 Å². The lowest BCUT2D eigenvalue weighted by molar-refractivity contribution is 0.736. The van der Waals surface area contributed by atoms with Gasteiger partial charge in [0.2, 0.25) is 0 Å². The SMILES string of the molecule is C#Cc1cnccc1CC(C)N. The minimum Gasteiger partial charge on any atom is -0.328 e. The van der Waals surface area contributed by atoms with Gasteiger partial charge in [0.25, 0.3) is 0 Å². The van der Waals surface area contributed by atoms with Crippen molar-refractivity contribution >= 4 is 0 Å². The van der Waals surface area contributed by atoms with Crippen LogP contribution in [0.4, 0.5) is 0 Å². The lowest BCUT2D eigenvalue weighted by atomic mass is 10.0. The second kappa shape index (κ2) is 3.89. The number of aromatic nitrogens is 1. The zero-order valence-electron chi connectivity index (χ0n) is 7.12. The summed E-state index contributed by atoms with van der Waals surface area (Å²) in [5.41, 5.74) is 7.60. The molecule has 0 aliphatic rings. The Balaban J connectivity index is 2.91. The Labute approximate surface area is 72.8 Å². The minimum absolute atomic E-state index is 0.138. The second-order valence-corrected chi connectivity index (χ2v) is 2.86. The van der Waals surface area contributed by atoms with Crippen LogP contribution >= 0.6 is 0 Å². The van der Waals surface area contributed by atoms with Crippen LogP contribution in [0.25, 0.3) is 0 Å². The number of rotatable bonds is 2. The molecular weight excluding hydrogens is 148 g/mol. The van der Waals surface area contributed by atoms with E-state index in [-0.39, 0.29) is 6.04 Å². The number of terminal acetylenes is 1. The van der Waals surface area contributed by atoms with Gasteiger partial charge in [-0.15, -0.1) is 6.42 Å². The maximum absolute atomic E-state index is 5.66. The van der Waals surface area contributed by atoms with Gasteiger partial charge in [-0.3, -0.25) is 4.98 Å². The third-order valence-corrected chi connectivity index (χ3v) is 1.61. The van der Waals surface area contributed by atoms with E-state index in [0.29, 0.717) is 0 Å². The van der Waals surface area contributed by atoms with Gasteiger partial charge in [-0.05, 0) is 25.0 Å². The quantitative estimate of drug-likeness (QED) is 0.654. The van der Waals surface area contributed by atoms with E-state index in [1.165, 1.54) is 0 Å². The van der Waals surface area contributed by atoms with Gasteiger partial charge in [0, 0.05) is 24.0 Å². The van der Waals surface area contributed by atoms with Crippen molar-refractivity contribution in [3.05, 3.63) is 29.6 Å². The maximum atomic E-state index is 5.66. The van der Waals surface area contributed by atoms with E-state index in [2.05, 4.69) is 10.9 Å². The van der Waals surface area contributed by atoms with Crippen LogP contribution in [0.15, 0.2) is 18.5 Å². The van der Waals surface area contributed by atoms with Crippen molar-refractivity contribution in [3.63, 3.8) is 0 Å². The Hall–Kier alpha value is -1.33. The lowest BCUT2D eigenvalue weighted by Crippen LogP contribution is -2.18. The molecule has 1 aromatic rings. The molecule has 1 aromatic heterocycles. The maximum Gasteiger partial charge on any atom is 0.0458 e. The molecule has 62 valence electrons. The molecule has 0 fully saturated rings. The molecule has 0 aliphatic heterocycles. The van der Waals surface area contributed by atoms with Gasteiger partial charge in [-0.1, -0.05) is 5.92 Å². The van der Waals surface area contributed by atoms with Crippen molar-refractivity contribution in [2.45, 2.75) is 19.4 Å². The van der Waals surface area contributed by atoms with Crippen LogP contribution in [-0.2, 0) is 6.42 Å². The first kappa shape index (κ1) is 8.76. The molecule has 0 radical (unpaired) electrons. The summed E-state index contributed by atoms with van der Waals surface area (Å²) in [5.74, 6) is 2.58. The fourth-order valence-electron chi connectivity index (χ4n) is 1.08. The van der Waals surface area contributed by atoms with Crippen molar-refractivity contribution in [2.75, 3.05) is 0 Å². The molecule has 1 rings (SSSR count). The van der Waals surface area contributed by atoms with Crippen LogP contribution in [0.3, 0.4) is 0 Å². The Morgan fingerprint density at radius 1 is 1.75 bits per heavy atom. The average Bonchev–Trinajstić information content (AvgIpc) is 2.04. The highest BCUT2D eigenvalue weighted by Crippen LogP contribution is 2.06. The molecule has 2 nitrogen and oxygen atoms in total. The topological polar surface area (TPSA) is 38.9 Å². The van der Waals surface area contributed by atoms with Crippen molar-refractivity contribution in [1.29, 1.82) is 0 Å². The van der Waals surface area contributed by atoms with Gasteiger partial charge < -0.3 is 5.73 Å². The first-order chi connectivity index (χ1) is 5.74. The molecule has 0 amide bonds. The van der Waals surface area contributed by atoms with Gasteiger partial charge in [0.1, 0.15) is 0 Å². The molecular formula is C10H12N2. The fraction of sp³-hybridized carbons (Fsp3) is 0.300. The Morgan fingerprint density at radius 3 is 3.08 bits per heavy atom. The van der Waals surface area contributed by atoms with Crippen molar-refractivity contribution in [3.8, 4) is 12.3 Å². The number of hydrogen-bond donors (Lipinski definition) is 1. The van der Waals surface area contributed by atoms with E-state index in [1.807, 2.05) is 13.0 Å². The largest absolute Gasteiger partial charge is 0.328 e. The van der Waals surface area contributed by atoms with E-state index in [1.54, 1.807) is 12.4 Å². The van der Waals surface area contributed by atoms with Crippen LogP contribution in [0.2, 0.25) is 0 Å². The van der Waals surface area contributed by atoms with E-state index in [9.17, 15) is 0 Å². The molecule has 0 aliphatic carbocycles. The molecule has 0 saturated heterocycles. The van der Waals surface area contributed by atoms with Crippen LogP contribution in [0.5, 0.6) is 0 Å². The van der Waals surface area contributed by atoms with E-state index in [4.69, 9.17) is 12.2 Å². The Kier molecular flexibility index (Phi) is 2.84. The lowest BCUT2D eigenvalue weighted by Gasteiger charge is -2.06. The molecule has 0 saturated carbocycles. The summed E-state index contributed by atoms with van der Waals surface area (Å²) in [4.78, 5) is 3.94. The molecule has 1 atom stereocenters. The summed E-state index contributed by atoms with van der Waals surface area (Å²) >= 11 is 0. The van der Waals surface area contributed by atoms with Crippen LogP contribution in [0.1, 0.15) is 18.1 Å². The average molecular weight is 160 g/mol. The summed E-state index contributed by atoms with van der Waals surface area (Å²) in [7, 11) is 0. The molecule has 1 unspecified atom stereocenters. The number of nitrogens with zero attached hydrogens (tertiary/aromatic N) is 1. The zero-order valence-corrected chi connectivity index (χ0v) is 7.12. The Bertz CT molecular complexity index is 297. The number of pyridine rings is 1. The minimum atomic E-state index is 0.138. The second-order valence-electron chi connectivity index (χ2n) is 2.86. The third-order valence-electron chi connectivity index (χ3n) is 1.61. The van der Waals surface area contributed by atoms with Crippen LogP contribution in [0, 0.1) is 12.3 Å². The van der Waals surface area contributed by atoms with Gasteiger partial charge in [-0.2, -0.15) is 0 Å². The fourth-order valence-corrected chi connectivity index (χ4v) is 1.08. The van der Waals surface area contributed by atoms with E-state index < -0.39 is 0 Å². The van der Waals surface area contributed by atoms with Gasteiger partial charge >= 0.3 is 0 Å². The van der Waals surface area contributed by atoms with Gasteiger partial charge in [0.05, 0.1) is 0 Å². The molecule has 0 aromatic carbocycles. The number of nitrogens with two attached hydrogens (primary N) is 1. The van der Waals surface area contributed by atoms with Gasteiger partial charge in [0.15, 0.2) is 0 Å². The summed E-state index contributed by atoms with van der Waals surface area (Å²) in [6.45, 7) is 1.96. The third kappa shape index (κ3) is 2.08. The van der Waals surface area contributed by atoms with E-state index in [0.717, 1.165) is 17.5 Å². The molecule has 2 N–H and O–H groups in total. The highest BCUT2D eigenvalue weighted by atomic mass is 14.6. The summed E-state index contributed by atoms with van der Waals surface area (Å²) in [6, 6.07) is 2.05. The van der Waals surface area contributed by atoms with Crippen molar-refractivity contribution < 1.29 is 0 Å². The summed E-state index contributed by atoms with van der Waals surface area (Å²) in [5, 5.41) is 0. The number of hydrogen-bond acceptors (Lipinski definition) is 2. The predicted molar refractivity (Wildman–Crippen MR) is 49.5 cm³/mol. The molecule has 2 heteroatoms. The first-order valence-corrected chi connectivity index (χ1v) is 3.89. The molecule has 0 spiro atoms. The highest BCUT2D eigenvalue weighted by molar-refractivity contribution is 5.37. The van der Waals surface area contributed by atoms with Crippen LogP contribution < -0.4 is 5.73 Å². The first-order valence-electron chi connectivity index (χ1n) is 3.89. The molecule has 1 heterocycles. The summed E-state index contributed by atoms with van der Waals surface area (Å²) < 4.78 is 0. The molecule has 12 heavy (non-hydrogen) atoms. The standard InChI is InChI=1S/C10H12N2/c1-3-9-7-12-5-4-10(9)6-8(2)11/h1,4-5,7-8H,6,11H2,2H3. The normalized spacial score (nSPS) is 12.1. The van der Waals surface area contributed by atoms with Gasteiger partial charge in [-0.25, -0.2) is 0 Å². The molecule has 0 bridgehead atoms. The highest BCUT2D eigenvalue weighted by Gasteiger charge is 2.01. The predicted octanol–water partition coefficient (Wildman–Crippen LogP) is 0.953. The summed E-state index contributed by atoms with van der Waals surface area (Å²) in [6.07, 6.45) is 9.53. The van der Waals surface area contributed by atoms with Crippen molar-refractivity contribution in [1.82, 2.24) is 4.98 Å². The van der Waals surface area contributed by atoms with Crippen molar-refractivity contribution in [2.24, 2.45) is 5.73 Å². The van der Waals surface area contributed by atoms with E-state index >= 15 is 0 Å².